The minimum atomic E-state index is -3.23. The molecule has 3 heterocycles. The summed E-state index contributed by atoms with van der Waals surface area (Å²) in [6, 6.07) is 12.1. The molecule has 1 aromatic carbocycles. The lowest BCUT2D eigenvalue weighted by Crippen LogP contribution is -2.34. The van der Waals surface area contributed by atoms with Crippen molar-refractivity contribution in [3.05, 3.63) is 60.0 Å². The third-order valence-electron chi connectivity index (χ3n) is 5.15. The molecule has 1 fully saturated rings. The van der Waals surface area contributed by atoms with Gasteiger partial charge in [-0.25, -0.2) is 13.4 Å². The Morgan fingerprint density at radius 1 is 1.11 bits per heavy atom. The maximum atomic E-state index is 11.3. The number of nitrogens with zero attached hydrogens (tertiary/aromatic N) is 3. The number of imidazole rings is 1. The Morgan fingerprint density at radius 3 is 2.48 bits per heavy atom. The van der Waals surface area contributed by atoms with Crippen molar-refractivity contribution < 1.29 is 8.42 Å². The van der Waals surface area contributed by atoms with Gasteiger partial charge in [0.15, 0.2) is 0 Å². The second-order valence-electron chi connectivity index (χ2n) is 7.34. The summed E-state index contributed by atoms with van der Waals surface area (Å²) in [6.07, 6.45) is 7.09. The largest absolute Gasteiger partial charge is 0.358 e. The number of benzene rings is 1. The van der Waals surface area contributed by atoms with Gasteiger partial charge < -0.3 is 4.90 Å². The molecule has 6 nitrogen and oxygen atoms in total. The molecule has 2 aromatic heterocycles. The number of aromatic nitrogens is 2. The summed E-state index contributed by atoms with van der Waals surface area (Å²) in [6.45, 7) is 4.10. The Labute approximate surface area is 159 Å². The van der Waals surface area contributed by atoms with Gasteiger partial charge in [-0.2, -0.15) is 0 Å². The Bertz CT molecular complexity index is 1050. The molecular formula is C20H24N4O2S. The number of aryl methyl sites for hydroxylation is 1. The van der Waals surface area contributed by atoms with Gasteiger partial charge in [-0.15, -0.1) is 0 Å². The zero-order chi connectivity index (χ0) is 19.0. The third-order valence-corrected chi connectivity index (χ3v) is 5.76. The Morgan fingerprint density at radius 2 is 1.81 bits per heavy atom. The Balaban J connectivity index is 1.46. The first-order chi connectivity index (χ1) is 12.9. The Kier molecular flexibility index (Phi) is 4.55. The predicted octanol–water partition coefficient (Wildman–Crippen LogP) is 3.40. The van der Waals surface area contributed by atoms with Gasteiger partial charge >= 0.3 is 0 Å². The maximum absolute atomic E-state index is 11.3. The molecule has 1 aliphatic heterocycles. The average Bonchev–Trinajstić information content (AvgIpc) is 3.09. The van der Waals surface area contributed by atoms with E-state index in [1.165, 1.54) is 23.2 Å². The molecule has 0 bridgehead atoms. The summed E-state index contributed by atoms with van der Waals surface area (Å²) in [5, 5.41) is 0. The standard InChI is InChI=1S/C20H24N4O2S/c1-15-11-19-13-21-14-24(19)20(12-15)23-9-7-17(8-10-23)16-3-5-18(6-4-16)22-27(2,25)26/h3-6,11-14,17,22H,7-10H2,1-2H3. The molecule has 3 aromatic rings. The normalized spacial score (nSPS) is 16.0. The lowest BCUT2D eigenvalue weighted by atomic mass is 9.89. The van der Waals surface area contributed by atoms with Gasteiger partial charge in [-0.3, -0.25) is 9.12 Å². The molecule has 0 unspecified atom stereocenters. The molecule has 1 aliphatic rings. The minimum Gasteiger partial charge on any atom is -0.358 e. The number of anilines is 2. The molecule has 1 saturated heterocycles. The molecule has 7 heteroatoms. The summed E-state index contributed by atoms with van der Waals surface area (Å²) < 4.78 is 27.3. The smallest absolute Gasteiger partial charge is 0.229 e. The van der Waals surface area contributed by atoms with Crippen molar-refractivity contribution in [2.45, 2.75) is 25.7 Å². The summed E-state index contributed by atoms with van der Waals surface area (Å²) in [7, 11) is -3.23. The van der Waals surface area contributed by atoms with Crippen LogP contribution in [0.3, 0.4) is 0 Å². The number of fused-ring (bicyclic) bond motifs is 1. The first-order valence-electron chi connectivity index (χ1n) is 9.14. The molecular weight excluding hydrogens is 360 g/mol. The minimum absolute atomic E-state index is 0.497. The SMILES string of the molecule is Cc1cc(N2CCC(c3ccc(NS(C)(=O)=O)cc3)CC2)n2cncc2c1. The summed E-state index contributed by atoms with van der Waals surface area (Å²) >= 11 is 0. The third kappa shape index (κ3) is 3.93. The van der Waals surface area contributed by atoms with Gasteiger partial charge in [0.1, 0.15) is 12.1 Å². The highest BCUT2D eigenvalue weighted by Crippen LogP contribution is 2.31. The topological polar surface area (TPSA) is 66.7 Å². The van der Waals surface area contributed by atoms with E-state index in [9.17, 15) is 8.42 Å². The fourth-order valence-electron chi connectivity index (χ4n) is 3.87. The zero-order valence-electron chi connectivity index (χ0n) is 15.6. The van der Waals surface area contributed by atoms with Crippen LogP contribution in [-0.4, -0.2) is 37.1 Å². The van der Waals surface area contributed by atoms with Crippen molar-refractivity contribution in [2.75, 3.05) is 29.0 Å². The fourth-order valence-corrected chi connectivity index (χ4v) is 4.44. The van der Waals surface area contributed by atoms with Crippen molar-refractivity contribution in [1.29, 1.82) is 0 Å². The van der Waals surface area contributed by atoms with Crippen LogP contribution < -0.4 is 9.62 Å². The van der Waals surface area contributed by atoms with Crippen LogP contribution in [0.4, 0.5) is 11.5 Å². The number of hydrogen-bond acceptors (Lipinski definition) is 4. The van der Waals surface area contributed by atoms with E-state index in [0.717, 1.165) is 31.4 Å². The first-order valence-corrected chi connectivity index (χ1v) is 11.0. The highest BCUT2D eigenvalue weighted by Gasteiger charge is 2.22. The number of rotatable bonds is 4. The fraction of sp³-hybridized carbons (Fsp3) is 0.350. The van der Waals surface area contributed by atoms with Gasteiger partial charge in [0, 0.05) is 18.8 Å². The van der Waals surface area contributed by atoms with E-state index in [0.29, 0.717) is 11.6 Å². The van der Waals surface area contributed by atoms with Gasteiger partial charge in [0.05, 0.1) is 18.0 Å². The van der Waals surface area contributed by atoms with E-state index in [-0.39, 0.29) is 0 Å². The van der Waals surface area contributed by atoms with Crippen LogP contribution in [0.5, 0.6) is 0 Å². The molecule has 0 amide bonds. The van der Waals surface area contributed by atoms with Gasteiger partial charge in [0.2, 0.25) is 10.0 Å². The number of sulfonamides is 1. The molecule has 142 valence electrons. The molecule has 0 radical (unpaired) electrons. The van der Waals surface area contributed by atoms with Crippen molar-refractivity contribution in [2.24, 2.45) is 0 Å². The van der Waals surface area contributed by atoms with Crippen molar-refractivity contribution in [1.82, 2.24) is 9.38 Å². The van der Waals surface area contributed by atoms with E-state index in [1.807, 2.05) is 36.8 Å². The highest BCUT2D eigenvalue weighted by atomic mass is 32.2. The summed E-state index contributed by atoms with van der Waals surface area (Å²) in [4.78, 5) is 6.71. The van der Waals surface area contributed by atoms with Crippen LogP contribution >= 0.6 is 0 Å². The number of piperidine rings is 1. The molecule has 4 rings (SSSR count). The molecule has 0 aliphatic carbocycles. The lowest BCUT2D eigenvalue weighted by Gasteiger charge is -2.34. The molecule has 27 heavy (non-hydrogen) atoms. The zero-order valence-corrected chi connectivity index (χ0v) is 16.4. The number of hydrogen-bond donors (Lipinski definition) is 1. The van der Waals surface area contributed by atoms with Crippen molar-refractivity contribution in [3.8, 4) is 0 Å². The first kappa shape index (κ1) is 17.9. The second-order valence-corrected chi connectivity index (χ2v) is 9.09. The van der Waals surface area contributed by atoms with Crippen LogP contribution in [0.2, 0.25) is 0 Å². The summed E-state index contributed by atoms with van der Waals surface area (Å²) in [5.74, 6) is 1.70. The van der Waals surface area contributed by atoms with Crippen LogP contribution in [-0.2, 0) is 10.0 Å². The monoisotopic (exact) mass is 384 g/mol. The molecule has 0 saturated carbocycles. The molecule has 0 atom stereocenters. The number of pyridine rings is 1. The van der Waals surface area contributed by atoms with Gasteiger partial charge in [-0.1, -0.05) is 12.1 Å². The van der Waals surface area contributed by atoms with Gasteiger partial charge in [-0.05, 0) is 61.1 Å². The van der Waals surface area contributed by atoms with Crippen molar-refractivity contribution >= 4 is 27.0 Å². The molecule has 0 spiro atoms. The quantitative estimate of drug-likeness (QED) is 0.749. The van der Waals surface area contributed by atoms with E-state index < -0.39 is 10.0 Å². The van der Waals surface area contributed by atoms with E-state index in [1.54, 1.807) is 0 Å². The second kappa shape index (κ2) is 6.88. The van der Waals surface area contributed by atoms with Crippen LogP contribution in [0, 0.1) is 6.92 Å². The maximum Gasteiger partial charge on any atom is 0.229 e. The lowest BCUT2D eigenvalue weighted by molar-refractivity contribution is 0.501. The van der Waals surface area contributed by atoms with Crippen LogP contribution in [0.1, 0.15) is 29.9 Å². The van der Waals surface area contributed by atoms with E-state index in [2.05, 4.69) is 38.1 Å². The van der Waals surface area contributed by atoms with Gasteiger partial charge in [0.25, 0.3) is 0 Å². The number of nitrogens with one attached hydrogen (secondary N) is 1. The highest BCUT2D eigenvalue weighted by molar-refractivity contribution is 7.92. The average molecular weight is 385 g/mol. The van der Waals surface area contributed by atoms with Crippen molar-refractivity contribution in [3.63, 3.8) is 0 Å². The van der Waals surface area contributed by atoms with Crippen LogP contribution in [0.25, 0.3) is 5.52 Å². The summed E-state index contributed by atoms with van der Waals surface area (Å²) in [5.41, 5.74) is 4.25. The molecule has 1 N–H and O–H groups in total. The Hall–Kier alpha value is -2.54. The predicted molar refractivity (Wildman–Crippen MR) is 109 cm³/mol. The van der Waals surface area contributed by atoms with E-state index in [4.69, 9.17) is 0 Å². The van der Waals surface area contributed by atoms with Crippen LogP contribution in [0.15, 0.2) is 48.9 Å². The van der Waals surface area contributed by atoms with E-state index >= 15 is 0 Å².